The Kier molecular flexibility index (Phi) is 12.4. The lowest BCUT2D eigenvalue weighted by Crippen LogP contribution is -2.59. The van der Waals surface area contributed by atoms with Crippen LogP contribution in [-0.4, -0.2) is 65.9 Å². The van der Waals surface area contributed by atoms with Crippen molar-refractivity contribution in [1.82, 2.24) is 0 Å². The molecule has 2 aliphatic rings. The van der Waals surface area contributed by atoms with Crippen LogP contribution in [-0.2, 0) is 55.8 Å². The van der Waals surface area contributed by atoms with Gasteiger partial charge in [-0.1, -0.05) is 54.1 Å². The zero-order chi connectivity index (χ0) is 37.5. The first-order chi connectivity index (χ1) is 24.8. The number of benzene rings is 3. The molecular formula is C40H44FNO10. The Morgan fingerprint density at radius 2 is 1.42 bits per heavy atom. The van der Waals surface area contributed by atoms with Crippen LogP contribution in [0.3, 0.4) is 0 Å². The maximum absolute atomic E-state index is 13.6. The average molecular weight is 718 g/mol. The summed E-state index contributed by atoms with van der Waals surface area (Å²) in [5.74, 6) is -4.61. The van der Waals surface area contributed by atoms with Gasteiger partial charge in [-0.25, -0.2) is 4.39 Å². The number of rotatable bonds is 14. The standard InChI is InChI=1S/C40H44FNO10/c1-23-8-18-31(19-9-23)42-37(32(40(42)48)7-5-6-27-12-16-30(41)17-13-27)29-14-10-28(11-15-29)20-34-33(21-36(46)47)38(50-25(3)44)39(51-26(4)45)35(52-34)22-49-24(2)43/h8-19,32-35,37-39H,5-7,20-22H2,1-4H3,(H,46,47)/t32?,33-,34+,35+,37?,38+,39-/m0/s1. The maximum atomic E-state index is 13.6. The number of nitrogens with zero attached hydrogens (tertiary/aromatic N) is 1. The van der Waals surface area contributed by atoms with Gasteiger partial charge in [0.05, 0.1) is 24.5 Å². The number of aliphatic carboxylic acids is 1. The number of amides is 1. The first-order valence-electron chi connectivity index (χ1n) is 17.4. The second-order valence-electron chi connectivity index (χ2n) is 13.5. The van der Waals surface area contributed by atoms with Crippen molar-refractivity contribution in [2.24, 2.45) is 11.8 Å². The minimum Gasteiger partial charge on any atom is -0.481 e. The third kappa shape index (κ3) is 9.41. The van der Waals surface area contributed by atoms with E-state index in [0.29, 0.717) is 12.8 Å². The predicted octanol–water partition coefficient (Wildman–Crippen LogP) is 5.69. The fourth-order valence-electron chi connectivity index (χ4n) is 7.20. The van der Waals surface area contributed by atoms with Crippen molar-refractivity contribution in [2.75, 3.05) is 11.5 Å². The Balaban J connectivity index is 1.39. The van der Waals surface area contributed by atoms with Crippen LogP contribution in [0.4, 0.5) is 10.1 Å². The van der Waals surface area contributed by atoms with Gasteiger partial charge < -0.3 is 29.0 Å². The lowest BCUT2D eigenvalue weighted by atomic mass is 9.78. The summed E-state index contributed by atoms with van der Waals surface area (Å²) in [5.41, 5.74) is 4.57. The largest absolute Gasteiger partial charge is 0.481 e. The molecule has 5 rings (SSSR count). The first-order valence-corrected chi connectivity index (χ1v) is 17.4. The molecular weight excluding hydrogens is 673 g/mol. The van der Waals surface area contributed by atoms with Gasteiger partial charge in [-0.2, -0.15) is 0 Å². The van der Waals surface area contributed by atoms with Gasteiger partial charge in [0.25, 0.3) is 0 Å². The SMILES string of the molecule is CC(=O)OC[C@H]1O[C@H](Cc2ccc(C3C(CCCc4ccc(F)cc4)C(=O)N3c3ccc(C)cc3)cc2)[C@H](CC(=O)O)[C@@H](OC(C)=O)[C@H]1OC(C)=O. The molecule has 2 aliphatic heterocycles. The molecule has 0 aromatic heterocycles. The van der Waals surface area contributed by atoms with E-state index in [2.05, 4.69) is 0 Å². The second kappa shape index (κ2) is 16.9. The number of carboxylic acid groups (broad SMARTS) is 1. The van der Waals surface area contributed by atoms with Crippen LogP contribution in [0.25, 0.3) is 0 Å². The summed E-state index contributed by atoms with van der Waals surface area (Å²) in [6, 6.07) is 21.6. The van der Waals surface area contributed by atoms with Crippen molar-refractivity contribution in [3.05, 3.63) is 101 Å². The molecule has 2 fully saturated rings. The van der Waals surface area contributed by atoms with Crippen molar-refractivity contribution < 1.29 is 52.4 Å². The smallest absolute Gasteiger partial charge is 0.303 e. The molecule has 1 amide bonds. The van der Waals surface area contributed by atoms with Crippen LogP contribution in [0.2, 0.25) is 0 Å². The quantitative estimate of drug-likeness (QED) is 0.125. The van der Waals surface area contributed by atoms with Crippen molar-refractivity contribution in [3.8, 4) is 0 Å². The fraction of sp³-hybridized carbons (Fsp3) is 0.425. The third-order valence-electron chi connectivity index (χ3n) is 9.58. The van der Waals surface area contributed by atoms with Gasteiger partial charge in [0.2, 0.25) is 5.91 Å². The Labute approximate surface area is 302 Å². The topological polar surface area (TPSA) is 146 Å². The summed E-state index contributed by atoms with van der Waals surface area (Å²) >= 11 is 0. The molecule has 0 spiro atoms. The second-order valence-corrected chi connectivity index (χ2v) is 13.5. The average Bonchev–Trinajstić information content (AvgIpc) is 3.08. The molecule has 7 atom stereocenters. The minimum atomic E-state index is -1.22. The fourth-order valence-corrected chi connectivity index (χ4v) is 7.20. The molecule has 0 aliphatic carbocycles. The van der Waals surface area contributed by atoms with Gasteiger partial charge in [-0.3, -0.25) is 24.0 Å². The molecule has 1 N–H and O–H groups in total. The van der Waals surface area contributed by atoms with Crippen LogP contribution >= 0.6 is 0 Å². The molecule has 2 saturated heterocycles. The Morgan fingerprint density at radius 1 is 0.808 bits per heavy atom. The highest BCUT2D eigenvalue weighted by Crippen LogP contribution is 2.46. The number of β-lactam (4-membered cyclic amide) rings is 1. The normalized spacial score (nSPS) is 24.1. The molecule has 0 radical (unpaired) electrons. The summed E-state index contributed by atoms with van der Waals surface area (Å²) in [6.07, 6.45) is -2.41. The zero-order valence-corrected chi connectivity index (χ0v) is 29.7. The van der Waals surface area contributed by atoms with E-state index in [1.165, 1.54) is 32.9 Å². The Morgan fingerprint density at radius 3 is 2.02 bits per heavy atom. The van der Waals surface area contributed by atoms with E-state index in [-0.39, 0.29) is 36.7 Å². The Hall–Kier alpha value is -5.10. The number of aryl methyl sites for hydroxylation is 2. The molecule has 2 heterocycles. The summed E-state index contributed by atoms with van der Waals surface area (Å²) in [6.45, 7) is 5.22. The predicted molar refractivity (Wildman–Crippen MR) is 187 cm³/mol. The number of carbonyl (C=O) groups is 5. The highest BCUT2D eigenvalue weighted by Gasteiger charge is 2.51. The van der Waals surface area contributed by atoms with E-state index < -0.39 is 60.6 Å². The molecule has 12 heteroatoms. The van der Waals surface area contributed by atoms with Crippen LogP contribution < -0.4 is 4.90 Å². The van der Waals surface area contributed by atoms with Crippen molar-refractivity contribution in [1.29, 1.82) is 0 Å². The first kappa shape index (κ1) is 38.1. The van der Waals surface area contributed by atoms with Crippen LogP contribution in [0, 0.1) is 24.6 Å². The van der Waals surface area contributed by atoms with Crippen molar-refractivity contribution in [2.45, 2.75) is 90.3 Å². The van der Waals surface area contributed by atoms with Gasteiger partial charge in [0, 0.05) is 32.4 Å². The number of carboxylic acids is 1. The number of ether oxygens (including phenoxy) is 4. The van der Waals surface area contributed by atoms with Gasteiger partial charge in [0.15, 0.2) is 6.10 Å². The van der Waals surface area contributed by atoms with E-state index in [1.54, 1.807) is 12.1 Å². The third-order valence-corrected chi connectivity index (χ3v) is 9.58. The molecule has 3 aromatic carbocycles. The Bertz CT molecular complexity index is 1740. The summed E-state index contributed by atoms with van der Waals surface area (Å²) in [7, 11) is 0. The van der Waals surface area contributed by atoms with Gasteiger partial charge >= 0.3 is 23.9 Å². The number of halogens is 1. The molecule has 52 heavy (non-hydrogen) atoms. The summed E-state index contributed by atoms with van der Waals surface area (Å²) in [5, 5.41) is 9.84. The monoisotopic (exact) mass is 717 g/mol. The van der Waals surface area contributed by atoms with Gasteiger partial charge in [-0.05, 0) is 73.6 Å². The number of hydrogen-bond acceptors (Lipinski definition) is 9. The molecule has 3 aromatic rings. The lowest BCUT2D eigenvalue weighted by molar-refractivity contribution is -0.234. The van der Waals surface area contributed by atoms with Crippen LogP contribution in [0.15, 0.2) is 72.8 Å². The summed E-state index contributed by atoms with van der Waals surface area (Å²) in [4.78, 5) is 63.5. The summed E-state index contributed by atoms with van der Waals surface area (Å²) < 4.78 is 36.0. The van der Waals surface area contributed by atoms with Gasteiger partial charge in [0.1, 0.15) is 24.6 Å². The van der Waals surface area contributed by atoms with E-state index >= 15 is 0 Å². The highest BCUT2D eigenvalue weighted by molar-refractivity contribution is 6.03. The molecule has 2 unspecified atom stereocenters. The highest BCUT2D eigenvalue weighted by atomic mass is 19.1. The molecule has 0 bridgehead atoms. The van der Waals surface area contributed by atoms with Crippen molar-refractivity contribution >= 4 is 35.5 Å². The van der Waals surface area contributed by atoms with Crippen molar-refractivity contribution in [3.63, 3.8) is 0 Å². The van der Waals surface area contributed by atoms with E-state index in [4.69, 9.17) is 18.9 Å². The van der Waals surface area contributed by atoms with E-state index in [0.717, 1.165) is 34.4 Å². The van der Waals surface area contributed by atoms with Gasteiger partial charge in [-0.15, -0.1) is 0 Å². The zero-order valence-electron chi connectivity index (χ0n) is 29.7. The van der Waals surface area contributed by atoms with Crippen LogP contribution in [0.5, 0.6) is 0 Å². The van der Waals surface area contributed by atoms with Crippen LogP contribution in [0.1, 0.15) is 68.3 Å². The maximum Gasteiger partial charge on any atom is 0.303 e. The number of hydrogen-bond donors (Lipinski definition) is 1. The molecule has 0 saturated carbocycles. The number of esters is 3. The minimum absolute atomic E-state index is 0.0295. The molecule has 11 nitrogen and oxygen atoms in total. The number of carbonyl (C=O) groups excluding carboxylic acids is 4. The lowest BCUT2D eigenvalue weighted by Gasteiger charge is -2.48. The molecule has 276 valence electrons. The number of anilines is 1. The van der Waals surface area contributed by atoms with E-state index in [1.807, 2.05) is 60.4 Å². The van der Waals surface area contributed by atoms with E-state index in [9.17, 15) is 33.5 Å².